The van der Waals surface area contributed by atoms with Crippen LogP contribution in [0, 0.1) is 5.82 Å². The van der Waals surface area contributed by atoms with Crippen LogP contribution in [0.4, 0.5) is 29.1 Å². The fourth-order valence-corrected chi connectivity index (χ4v) is 1.71. The molecular formula is C11H5Cl2F4N3. The summed E-state index contributed by atoms with van der Waals surface area (Å²) in [5, 5.41) is 1.99. The minimum Gasteiger partial charge on any atom is -0.339 e. The first-order chi connectivity index (χ1) is 9.25. The number of anilines is 2. The monoisotopic (exact) mass is 325 g/mol. The van der Waals surface area contributed by atoms with Gasteiger partial charge >= 0.3 is 6.18 Å². The van der Waals surface area contributed by atoms with E-state index in [-0.39, 0.29) is 16.5 Å². The smallest absolute Gasteiger partial charge is 0.339 e. The number of aromatic nitrogens is 2. The zero-order valence-electron chi connectivity index (χ0n) is 9.47. The number of alkyl halides is 3. The van der Waals surface area contributed by atoms with Crippen molar-refractivity contribution in [3.8, 4) is 0 Å². The van der Waals surface area contributed by atoms with Crippen molar-refractivity contribution in [2.75, 3.05) is 5.32 Å². The molecule has 2 aromatic rings. The first-order valence-corrected chi connectivity index (χ1v) is 5.85. The lowest BCUT2D eigenvalue weighted by Gasteiger charge is -2.11. The quantitative estimate of drug-likeness (QED) is 0.643. The zero-order valence-corrected chi connectivity index (χ0v) is 11.0. The highest BCUT2D eigenvalue weighted by atomic mass is 35.5. The van der Waals surface area contributed by atoms with Gasteiger partial charge in [0.15, 0.2) is 5.69 Å². The molecule has 3 nitrogen and oxygen atoms in total. The minimum atomic E-state index is -4.67. The molecule has 0 amide bonds. The maximum absolute atomic E-state index is 13.1. The van der Waals surface area contributed by atoms with E-state index in [2.05, 4.69) is 15.3 Å². The molecule has 9 heteroatoms. The van der Waals surface area contributed by atoms with Crippen molar-refractivity contribution in [3.05, 3.63) is 46.1 Å². The van der Waals surface area contributed by atoms with E-state index in [1.54, 1.807) is 0 Å². The highest BCUT2D eigenvalue weighted by Crippen LogP contribution is 2.31. The topological polar surface area (TPSA) is 37.8 Å². The number of rotatable bonds is 2. The van der Waals surface area contributed by atoms with Crippen molar-refractivity contribution in [1.29, 1.82) is 0 Å². The Balaban J connectivity index is 2.39. The van der Waals surface area contributed by atoms with Gasteiger partial charge in [0, 0.05) is 6.07 Å². The Morgan fingerprint density at radius 2 is 1.75 bits per heavy atom. The van der Waals surface area contributed by atoms with Gasteiger partial charge in [-0.2, -0.15) is 13.2 Å². The third kappa shape index (κ3) is 3.49. The first kappa shape index (κ1) is 14.8. The SMILES string of the molecule is Fc1ccc(Cl)c(Nc2cc(C(F)(F)F)nc(Cl)n2)c1. The van der Waals surface area contributed by atoms with Crippen LogP contribution in [-0.2, 0) is 6.18 Å². The lowest BCUT2D eigenvalue weighted by atomic mass is 10.3. The molecule has 0 aliphatic carbocycles. The number of benzene rings is 1. The molecule has 0 aliphatic rings. The minimum absolute atomic E-state index is 0.0644. The zero-order chi connectivity index (χ0) is 14.9. The van der Waals surface area contributed by atoms with Crippen molar-refractivity contribution in [3.63, 3.8) is 0 Å². The van der Waals surface area contributed by atoms with Gasteiger partial charge in [-0.3, -0.25) is 0 Å². The summed E-state index contributed by atoms with van der Waals surface area (Å²) in [7, 11) is 0. The summed E-state index contributed by atoms with van der Waals surface area (Å²) in [5.74, 6) is -0.849. The van der Waals surface area contributed by atoms with Crippen molar-refractivity contribution in [1.82, 2.24) is 9.97 Å². The predicted molar refractivity (Wildman–Crippen MR) is 66.7 cm³/mol. The van der Waals surface area contributed by atoms with Gasteiger partial charge in [0.05, 0.1) is 10.7 Å². The average molecular weight is 326 g/mol. The Hall–Kier alpha value is -1.60. The van der Waals surface area contributed by atoms with Crippen LogP contribution in [0.25, 0.3) is 0 Å². The Morgan fingerprint density at radius 3 is 2.40 bits per heavy atom. The molecule has 0 aliphatic heterocycles. The summed E-state index contributed by atoms with van der Waals surface area (Å²) in [6, 6.07) is 4.03. The van der Waals surface area contributed by atoms with E-state index in [4.69, 9.17) is 23.2 Å². The summed E-state index contributed by atoms with van der Waals surface area (Å²) < 4.78 is 50.8. The average Bonchev–Trinajstić information content (AvgIpc) is 2.32. The molecule has 0 fully saturated rings. The second-order valence-corrected chi connectivity index (χ2v) is 4.40. The number of nitrogens with zero attached hydrogens (tertiary/aromatic N) is 2. The van der Waals surface area contributed by atoms with Crippen LogP contribution in [0.5, 0.6) is 0 Å². The number of hydrogen-bond donors (Lipinski definition) is 1. The molecule has 0 radical (unpaired) electrons. The molecule has 1 aromatic heterocycles. The van der Waals surface area contributed by atoms with Crippen LogP contribution >= 0.6 is 23.2 Å². The molecule has 1 N–H and O–H groups in total. The van der Waals surface area contributed by atoms with E-state index in [0.29, 0.717) is 6.07 Å². The molecular weight excluding hydrogens is 321 g/mol. The van der Waals surface area contributed by atoms with Crippen molar-refractivity contribution >= 4 is 34.7 Å². The molecule has 0 bridgehead atoms. The van der Waals surface area contributed by atoms with Gasteiger partial charge < -0.3 is 5.32 Å². The lowest BCUT2D eigenvalue weighted by molar-refractivity contribution is -0.141. The third-order valence-electron chi connectivity index (χ3n) is 2.18. The van der Waals surface area contributed by atoms with E-state index in [1.807, 2.05) is 0 Å². The van der Waals surface area contributed by atoms with E-state index in [0.717, 1.165) is 12.1 Å². The molecule has 0 saturated carbocycles. The van der Waals surface area contributed by atoms with Crippen LogP contribution in [-0.4, -0.2) is 9.97 Å². The van der Waals surface area contributed by atoms with Crippen LogP contribution in [0.1, 0.15) is 5.69 Å². The van der Waals surface area contributed by atoms with Crippen molar-refractivity contribution in [2.45, 2.75) is 6.18 Å². The van der Waals surface area contributed by atoms with Crippen LogP contribution in [0.3, 0.4) is 0 Å². The fourth-order valence-electron chi connectivity index (χ4n) is 1.36. The molecule has 0 saturated heterocycles. The van der Waals surface area contributed by atoms with E-state index in [1.165, 1.54) is 6.07 Å². The maximum Gasteiger partial charge on any atom is 0.433 e. The summed E-state index contributed by atoms with van der Waals surface area (Å²) in [4.78, 5) is 6.64. The van der Waals surface area contributed by atoms with E-state index >= 15 is 0 Å². The van der Waals surface area contributed by atoms with Gasteiger partial charge in [0.2, 0.25) is 5.28 Å². The van der Waals surface area contributed by atoms with Crippen LogP contribution < -0.4 is 5.32 Å². The predicted octanol–water partition coefficient (Wildman–Crippen LogP) is 4.68. The molecule has 1 aromatic carbocycles. The van der Waals surface area contributed by atoms with Gasteiger partial charge in [0.25, 0.3) is 0 Å². The van der Waals surface area contributed by atoms with Crippen LogP contribution in [0.15, 0.2) is 24.3 Å². The number of halogens is 6. The standard InChI is InChI=1S/C11H5Cl2F4N3/c12-6-2-1-5(14)3-7(6)18-9-4-8(11(15,16)17)19-10(13)20-9/h1-4H,(H,18,19,20). The van der Waals surface area contributed by atoms with Gasteiger partial charge in [0.1, 0.15) is 11.6 Å². The number of nitrogens with one attached hydrogen (secondary N) is 1. The summed E-state index contributed by atoms with van der Waals surface area (Å²) in [6.07, 6.45) is -4.67. The largest absolute Gasteiger partial charge is 0.433 e. The Morgan fingerprint density at radius 1 is 1.05 bits per heavy atom. The van der Waals surface area contributed by atoms with Gasteiger partial charge in [-0.05, 0) is 29.8 Å². The van der Waals surface area contributed by atoms with Gasteiger partial charge in [-0.25, -0.2) is 14.4 Å². The molecule has 0 spiro atoms. The van der Waals surface area contributed by atoms with Gasteiger partial charge in [-0.1, -0.05) is 11.6 Å². The summed E-state index contributed by atoms with van der Waals surface area (Å²) in [5.41, 5.74) is -1.15. The lowest BCUT2D eigenvalue weighted by Crippen LogP contribution is -2.10. The summed E-state index contributed by atoms with van der Waals surface area (Å²) in [6.45, 7) is 0. The third-order valence-corrected chi connectivity index (χ3v) is 2.68. The second-order valence-electron chi connectivity index (χ2n) is 3.65. The summed E-state index contributed by atoms with van der Waals surface area (Å²) >= 11 is 11.2. The Bertz CT molecular complexity index is 646. The fraction of sp³-hybridized carbons (Fsp3) is 0.0909. The highest BCUT2D eigenvalue weighted by molar-refractivity contribution is 6.33. The molecule has 1 heterocycles. The normalized spacial score (nSPS) is 11.5. The Labute approximate surface area is 120 Å². The van der Waals surface area contributed by atoms with Crippen molar-refractivity contribution < 1.29 is 17.6 Å². The van der Waals surface area contributed by atoms with Gasteiger partial charge in [-0.15, -0.1) is 0 Å². The van der Waals surface area contributed by atoms with Crippen LogP contribution in [0.2, 0.25) is 10.3 Å². The molecule has 20 heavy (non-hydrogen) atoms. The van der Waals surface area contributed by atoms with E-state index < -0.39 is 23.0 Å². The van der Waals surface area contributed by atoms with Crippen molar-refractivity contribution in [2.24, 2.45) is 0 Å². The molecule has 0 unspecified atom stereocenters. The molecule has 106 valence electrons. The highest BCUT2D eigenvalue weighted by Gasteiger charge is 2.33. The maximum atomic E-state index is 13.1. The molecule has 2 rings (SSSR count). The molecule has 0 atom stereocenters. The Kier molecular flexibility index (Phi) is 4.01. The van der Waals surface area contributed by atoms with E-state index in [9.17, 15) is 17.6 Å². The second kappa shape index (κ2) is 5.41. The number of hydrogen-bond acceptors (Lipinski definition) is 3. The first-order valence-electron chi connectivity index (χ1n) is 5.09.